The van der Waals surface area contributed by atoms with Crippen LogP contribution in [0, 0.1) is 18.6 Å². The number of nitrogens with zero attached hydrogens (tertiary/aromatic N) is 3. The van der Waals surface area contributed by atoms with Crippen LogP contribution in [0.5, 0.6) is 0 Å². The minimum Gasteiger partial charge on any atom is -0.480 e. The lowest BCUT2D eigenvalue weighted by Gasteiger charge is -2.25. The number of carboxylic acids is 1. The van der Waals surface area contributed by atoms with Crippen molar-refractivity contribution in [2.45, 2.75) is 18.0 Å². The van der Waals surface area contributed by atoms with Crippen molar-refractivity contribution in [1.29, 1.82) is 0 Å². The van der Waals surface area contributed by atoms with Crippen molar-refractivity contribution in [2.75, 3.05) is 7.05 Å². The highest BCUT2D eigenvalue weighted by Crippen LogP contribution is 2.30. The zero-order chi connectivity index (χ0) is 18.2. The van der Waals surface area contributed by atoms with E-state index in [4.69, 9.17) is 0 Å². The molecule has 1 aromatic heterocycles. The third kappa shape index (κ3) is 2.89. The molecule has 0 saturated carbocycles. The molecule has 0 bridgehead atoms. The highest BCUT2D eigenvalue weighted by Gasteiger charge is 2.39. The molecule has 1 N–H and O–H groups in total. The lowest BCUT2D eigenvalue weighted by atomic mass is 10.1. The van der Waals surface area contributed by atoms with E-state index in [1.165, 1.54) is 20.2 Å². The summed E-state index contributed by atoms with van der Waals surface area (Å²) in [6.07, 6.45) is 1.29. The lowest BCUT2D eigenvalue weighted by Crippen LogP contribution is -2.38. The molecule has 0 aliphatic carbocycles. The Morgan fingerprint density at radius 2 is 1.88 bits per heavy atom. The maximum Gasteiger partial charge on any atom is 0.326 e. The second kappa shape index (κ2) is 6.29. The summed E-state index contributed by atoms with van der Waals surface area (Å²) in [6, 6.07) is 0.728. The van der Waals surface area contributed by atoms with Crippen LogP contribution in [0.15, 0.2) is 29.4 Å². The smallest absolute Gasteiger partial charge is 0.326 e. The first kappa shape index (κ1) is 18.0. The monoisotopic (exact) mass is 359 g/mol. The van der Waals surface area contributed by atoms with Gasteiger partial charge in [0.05, 0.1) is 11.8 Å². The molecule has 0 spiro atoms. The van der Waals surface area contributed by atoms with Gasteiger partial charge in [-0.3, -0.25) is 9.48 Å². The van der Waals surface area contributed by atoms with Gasteiger partial charge in [-0.25, -0.2) is 17.2 Å². The largest absolute Gasteiger partial charge is 0.480 e. The van der Waals surface area contributed by atoms with Crippen LogP contribution in [-0.4, -0.2) is 40.6 Å². The summed E-state index contributed by atoms with van der Waals surface area (Å²) in [5, 5.41) is 12.9. The van der Waals surface area contributed by atoms with Gasteiger partial charge in [0, 0.05) is 19.7 Å². The molecule has 0 fully saturated rings. The van der Waals surface area contributed by atoms with Gasteiger partial charge in [0.1, 0.15) is 11.6 Å². The van der Waals surface area contributed by atoms with Crippen molar-refractivity contribution >= 4 is 16.0 Å². The van der Waals surface area contributed by atoms with E-state index in [2.05, 4.69) is 5.10 Å². The topological polar surface area (TPSA) is 92.5 Å². The van der Waals surface area contributed by atoms with Gasteiger partial charge in [0.2, 0.25) is 0 Å². The van der Waals surface area contributed by atoms with Crippen molar-refractivity contribution in [3.8, 4) is 0 Å². The third-order valence-corrected chi connectivity index (χ3v) is 5.59. The number of carbonyl (C=O) groups is 1. The van der Waals surface area contributed by atoms with Crippen molar-refractivity contribution in [3.05, 3.63) is 47.2 Å². The first-order chi connectivity index (χ1) is 11.1. The minimum absolute atomic E-state index is 0.256. The Balaban J connectivity index is 2.63. The van der Waals surface area contributed by atoms with Crippen LogP contribution >= 0.6 is 0 Å². The zero-order valence-corrected chi connectivity index (χ0v) is 13.9. The van der Waals surface area contributed by atoms with Crippen LogP contribution in [0.2, 0.25) is 0 Å². The Hall–Kier alpha value is -2.33. The molecule has 7 nitrogen and oxygen atoms in total. The van der Waals surface area contributed by atoms with Gasteiger partial charge in [-0.05, 0) is 19.1 Å². The molecular weight excluding hydrogens is 344 g/mol. The van der Waals surface area contributed by atoms with Crippen LogP contribution in [0.4, 0.5) is 8.78 Å². The highest BCUT2D eigenvalue weighted by molar-refractivity contribution is 7.89. The van der Waals surface area contributed by atoms with Gasteiger partial charge in [0.15, 0.2) is 11.1 Å². The first-order valence-electron chi connectivity index (χ1n) is 6.72. The molecule has 0 amide bonds. The Morgan fingerprint density at radius 3 is 2.29 bits per heavy atom. The fraction of sp³-hybridized carbons (Fsp3) is 0.286. The lowest BCUT2D eigenvalue weighted by molar-refractivity contribution is -0.141. The SMILES string of the molecule is Cc1cnn(C)c1S(=O)(=O)N(C)C(C(=O)O)c1c(F)cccc1F. The summed E-state index contributed by atoms with van der Waals surface area (Å²) in [7, 11) is -2.04. The van der Waals surface area contributed by atoms with E-state index in [0.29, 0.717) is 4.31 Å². The number of sulfonamides is 1. The summed E-state index contributed by atoms with van der Waals surface area (Å²) < 4.78 is 54.9. The van der Waals surface area contributed by atoms with E-state index in [1.807, 2.05) is 0 Å². The molecule has 2 rings (SSSR count). The molecule has 1 atom stereocenters. The van der Waals surface area contributed by atoms with Gasteiger partial charge in [-0.2, -0.15) is 9.40 Å². The Kier molecular flexibility index (Phi) is 4.72. The predicted octanol–water partition coefficient (Wildman–Crippen LogP) is 1.45. The summed E-state index contributed by atoms with van der Waals surface area (Å²) in [4.78, 5) is 11.6. The summed E-state index contributed by atoms with van der Waals surface area (Å²) in [6.45, 7) is 1.48. The number of hydrogen-bond acceptors (Lipinski definition) is 4. The van der Waals surface area contributed by atoms with Crippen LogP contribution < -0.4 is 0 Å². The van der Waals surface area contributed by atoms with Crippen LogP contribution in [0.3, 0.4) is 0 Å². The van der Waals surface area contributed by atoms with E-state index in [0.717, 1.165) is 29.9 Å². The number of aliphatic carboxylic acids is 1. The third-order valence-electron chi connectivity index (χ3n) is 3.55. The molecule has 1 heterocycles. The van der Waals surface area contributed by atoms with E-state index in [1.54, 1.807) is 0 Å². The van der Waals surface area contributed by atoms with Crippen molar-refractivity contribution in [1.82, 2.24) is 14.1 Å². The first-order valence-corrected chi connectivity index (χ1v) is 8.16. The van der Waals surface area contributed by atoms with Crippen LogP contribution in [0.25, 0.3) is 0 Å². The maximum atomic E-state index is 14.0. The minimum atomic E-state index is -4.36. The molecule has 0 saturated heterocycles. The molecule has 10 heteroatoms. The average Bonchev–Trinajstić information content (AvgIpc) is 2.81. The Labute approximate surface area is 137 Å². The average molecular weight is 359 g/mol. The maximum absolute atomic E-state index is 14.0. The normalized spacial score (nSPS) is 13.2. The molecule has 1 aromatic carbocycles. The zero-order valence-electron chi connectivity index (χ0n) is 13.1. The molecule has 0 aliphatic rings. The summed E-state index contributed by atoms with van der Waals surface area (Å²) in [5.74, 6) is -4.00. The molecule has 2 aromatic rings. The van der Waals surface area contributed by atoms with E-state index >= 15 is 0 Å². The quantitative estimate of drug-likeness (QED) is 0.872. The Bertz CT molecular complexity index is 856. The number of halogens is 2. The predicted molar refractivity (Wildman–Crippen MR) is 79.6 cm³/mol. The molecule has 0 aliphatic heterocycles. The second-order valence-corrected chi connectivity index (χ2v) is 7.07. The van der Waals surface area contributed by atoms with Gasteiger partial charge in [0.25, 0.3) is 10.0 Å². The Morgan fingerprint density at radius 1 is 1.33 bits per heavy atom. The van der Waals surface area contributed by atoms with Crippen LogP contribution in [-0.2, 0) is 21.9 Å². The van der Waals surface area contributed by atoms with Crippen molar-refractivity contribution in [3.63, 3.8) is 0 Å². The van der Waals surface area contributed by atoms with Crippen LogP contribution in [0.1, 0.15) is 17.2 Å². The molecule has 24 heavy (non-hydrogen) atoms. The fourth-order valence-corrected chi connectivity index (χ4v) is 4.00. The summed E-state index contributed by atoms with van der Waals surface area (Å²) in [5.41, 5.74) is -0.571. The second-order valence-electron chi connectivity index (χ2n) is 5.15. The highest BCUT2D eigenvalue weighted by atomic mass is 32.2. The molecule has 0 radical (unpaired) electrons. The van der Waals surface area contributed by atoms with Crippen molar-refractivity contribution < 1.29 is 27.1 Å². The van der Waals surface area contributed by atoms with Gasteiger partial charge in [-0.15, -0.1) is 0 Å². The van der Waals surface area contributed by atoms with Gasteiger partial charge < -0.3 is 5.11 Å². The number of benzene rings is 1. The summed E-state index contributed by atoms with van der Waals surface area (Å²) >= 11 is 0. The fourth-order valence-electron chi connectivity index (χ4n) is 2.41. The number of carboxylic acid groups (broad SMARTS) is 1. The number of aromatic nitrogens is 2. The number of aryl methyl sites for hydroxylation is 2. The number of hydrogen-bond donors (Lipinski definition) is 1. The van der Waals surface area contributed by atoms with E-state index < -0.39 is 39.2 Å². The van der Waals surface area contributed by atoms with Crippen molar-refractivity contribution in [2.24, 2.45) is 7.05 Å². The number of likely N-dealkylation sites (N-methyl/N-ethyl adjacent to an activating group) is 1. The van der Waals surface area contributed by atoms with Gasteiger partial charge in [-0.1, -0.05) is 6.07 Å². The number of rotatable bonds is 5. The van der Waals surface area contributed by atoms with Gasteiger partial charge >= 0.3 is 5.97 Å². The van der Waals surface area contributed by atoms with E-state index in [-0.39, 0.29) is 10.6 Å². The molecule has 130 valence electrons. The van der Waals surface area contributed by atoms with E-state index in [9.17, 15) is 27.1 Å². The molecule has 1 unspecified atom stereocenters. The molecular formula is C14H15F2N3O4S. The standard InChI is InChI=1S/C14H15F2N3O4S/c1-8-7-17-18(2)13(8)24(22,23)19(3)12(14(20)21)11-9(15)5-4-6-10(11)16/h4-7,12H,1-3H3,(H,20,21).